The van der Waals surface area contributed by atoms with E-state index in [0.717, 1.165) is 32.8 Å². The summed E-state index contributed by atoms with van der Waals surface area (Å²) in [6, 6.07) is 21.9. The van der Waals surface area contributed by atoms with Crippen LogP contribution in [0, 0.1) is 0 Å². The fourth-order valence-electron chi connectivity index (χ4n) is 3.08. The van der Waals surface area contributed by atoms with E-state index in [-0.39, 0.29) is 5.76 Å². The van der Waals surface area contributed by atoms with Crippen LogP contribution in [0.25, 0.3) is 38.6 Å². The van der Waals surface area contributed by atoms with Crippen molar-refractivity contribution in [1.29, 1.82) is 0 Å². The summed E-state index contributed by atoms with van der Waals surface area (Å²) in [5, 5.41) is 12.9. The lowest BCUT2D eigenvalue weighted by molar-refractivity contribution is 0.511. The highest BCUT2D eigenvalue weighted by atomic mass is 16.3. The van der Waals surface area contributed by atoms with E-state index in [1.807, 2.05) is 36.4 Å². The zero-order valence-electron chi connectivity index (χ0n) is 13.0. The Bertz CT molecular complexity index is 1090. The number of hydrogen-bond acceptors (Lipinski definition) is 3. The minimum Gasteiger partial charge on any atom is -0.506 e. The lowest BCUT2D eigenvalue weighted by atomic mass is 9.95. The molecule has 3 aromatic carbocycles. The molecule has 4 aromatic rings. The van der Waals surface area contributed by atoms with E-state index in [9.17, 15) is 5.11 Å². The summed E-state index contributed by atoms with van der Waals surface area (Å²) in [5.74, 6) is -0.0439. The number of aromatic nitrogens is 1. The van der Waals surface area contributed by atoms with E-state index >= 15 is 0 Å². The largest absolute Gasteiger partial charge is 0.506 e. The van der Waals surface area contributed by atoms with Gasteiger partial charge in [-0.2, -0.15) is 0 Å². The molecule has 0 saturated heterocycles. The SMILES string of the molecule is C=C(O)c1ccc2cc(N)cc(-c3cccc4ccccc34)c2n1. The molecule has 0 saturated carbocycles. The van der Waals surface area contributed by atoms with E-state index in [2.05, 4.69) is 35.8 Å². The van der Waals surface area contributed by atoms with Crippen LogP contribution in [0.5, 0.6) is 0 Å². The Morgan fingerprint density at radius 3 is 2.50 bits per heavy atom. The number of nitrogens with two attached hydrogens (primary N) is 1. The van der Waals surface area contributed by atoms with Crippen LogP contribution in [-0.4, -0.2) is 10.1 Å². The number of nitrogen functional groups attached to an aromatic ring is 1. The quantitative estimate of drug-likeness (QED) is 0.397. The average Bonchev–Trinajstić information content (AvgIpc) is 2.60. The predicted octanol–water partition coefficient (Wildman–Crippen LogP) is 5.17. The van der Waals surface area contributed by atoms with Crippen molar-refractivity contribution in [3.63, 3.8) is 0 Å². The Morgan fingerprint density at radius 1 is 0.875 bits per heavy atom. The Labute approximate surface area is 139 Å². The van der Waals surface area contributed by atoms with Crippen LogP contribution in [-0.2, 0) is 0 Å². The first-order chi connectivity index (χ1) is 11.6. The molecule has 0 radical (unpaired) electrons. The third-order valence-electron chi connectivity index (χ3n) is 4.19. The van der Waals surface area contributed by atoms with E-state index in [1.54, 1.807) is 6.07 Å². The molecule has 116 valence electrons. The predicted molar refractivity (Wildman–Crippen MR) is 101 cm³/mol. The lowest BCUT2D eigenvalue weighted by Gasteiger charge is -2.12. The number of anilines is 1. The zero-order valence-corrected chi connectivity index (χ0v) is 13.0. The Balaban J connectivity index is 2.11. The molecule has 24 heavy (non-hydrogen) atoms. The molecule has 0 aliphatic carbocycles. The van der Waals surface area contributed by atoms with Gasteiger partial charge < -0.3 is 10.8 Å². The van der Waals surface area contributed by atoms with Gasteiger partial charge in [-0.3, -0.25) is 0 Å². The Morgan fingerprint density at radius 2 is 1.67 bits per heavy atom. The number of pyridine rings is 1. The van der Waals surface area contributed by atoms with E-state index in [0.29, 0.717) is 11.4 Å². The highest BCUT2D eigenvalue weighted by Crippen LogP contribution is 2.35. The van der Waals surface area contributed by atoms with E-state index in [4.69, 9.17) is 5.73 Å². The first-order valence-electron chi connectivity index (χ1n) is 7.70. The van der Waals surface area contributed by atoms with E-state index < -0.39 is 0 Å². The van der Waals surface area contributed by atoms with Crippen LogP contribution >= 0.6 is 0 Å². The molecule has 4 rings (SSSR count). The number of aliphatic hydroxyl groups is 1. The van der Waals surface area contributed by atoms with Gasteiger partial charge in [0.05, 0.1) is 5.52 Å². The summed E-state index contributed by atoms with van der Waals surface area (Å²) in [6.45, 7) is 3.57. The van der Waals surface area contributed by atoms with Crippen molar-refractivity contribution in [3.8, 4) is 11.1 Å². The fourth-order valence-corrected chi connectivity index (χ4v) is 3.08. The number of fused-ring (bicyclic) bond motifs is 2. The maximum Gasteiger partial charge on any atom is 0.134 e. The summed E-state index contributed by atoms with van der Waals surface area (Å²) >= 11 is 0. The average molecular weight is 312 g/mol. The first kappa shape index (κ1) is 14.3. The second-order valence-corrected chi connectivity index (χ2v) is 5.81. The third kappa shape index (κ3) is 2.27. The van der Waals surface area contributed by atoms with Gasteiger partial charge >= 0.3 is 0 Å². The number of benzene rings is 3. The maximum atomic E-state index is 9.69. The van der Waals surface area contributed by atoms with Crippen LogP contribution < -0.4 is 5.73 Å². The zero-order chi connectivity index (χ0) is 16.7. The summed E-state index contributed by atoms with van der Waals surface area (Å²) in [4.78, 5) is 4.59. The minimum absolute atomic E-state index is 0.0439. The van der Waals surface area contributed by atoms with Gasteiger partial charge in [-0.1, -0.05) is 55.1 Å². The lowest BCUT2D eigenvalue weighted by Crippen LogP contribution is -1.94. The van der Waals surface area contributed by atoms with E-state index in [1.165, 1.54) is 0 Å². The molecular formula is C21H16N2O. The van der Waals surface area contributed by atoms with Gasteiger partial charge in [-0.05, 0) is 34.5 Å². The number of rotatable bonds is 2. The smallest absolute Gasteiger partial charge is 0.134 e. The molecule has 1 aromatic heterocycles. The second kappa shape index (κ2) is 5.39. The summed E-state index contributed by atoms with van der Waals surface area (Å²) in [5.41, 5.74) is 10.1. The van der Waals surface area contributed by atoms with Gasteiger partial charge in [-0.15, -0.1) is 0 Å². The molecule has 0 atom stereocenters. The summed E-state index contributed by atoms with van der Waals surface area (Å²) < 4.78 is 0. The second-order valence-electron chi connectivity index (χ2n) is 5.81. The van der Waals surface area contributed by atoms with Gasteiger partial charge in [0.1, 0.15) is 11.5 Å². The molecule has 3 nitrogen and oxygen atoms in total. The van der Waals surface area contributed by atoms with Crippen LogP contribution in [0.2, 0.25) is 0 Å². The van der Waals surface area contributed by atoms with Crippen LogP contribution in [0.3, 0.4) is 0 Å². The highest BCUT2D eigenvalue weighted by Gasteiger charge is 2.11. The molecular weight excluding hydrogens is 296 g/mol. The summed E-state index contributed by atoms with van der Waals surface area (Å²) in [7, 11) is 0. The van der Waals surface area contributed by atoms with Crippen molar-refractivity contribution >= 4 is 33.1 Å². The normalized spacial score (nSPS) is 11.0. The molecule has 0 fully saturated rings. The standard InChI is InChI=1S/C21H16N2O/c1-13(24)20-10-9-15-11-16(22)12-19(21(15)23-20)18-8-4-6-14-5-2-3-7-17(14)18/h2-12,24H,1,22H2. The van der Waals surface area contributed by atoms with Crippen LogP contribution in [0.1, 0.15) is 5.69 Å². The summed E-state index contributed by atoms with van der Waals surface area (Å²) in [6.07, 6.45) is 0. The molecule has 0 amide bonds. The third-order valence-corrected chi connectivity index (χ3v) is 4.19. The minimum atomic E-state index is -0.0439. The van der Waals surface area contributed by atoms with Gasteiger partial charge in [0.25, 0.3) is 0 Å². The van der Waals surface area contributed by atoms with Gasteiger partial charge in [0.15, 0.2) is 0 Å². The Hall–Kier alpha value is -3.33. The van der Waals surface area contributed by atoms with Crippen molar-refractivity contribution in [3.05, 3.63) is 79.0 Å². The highest BCUT2D eigenvalue weighted by molar-refractivity contribution is 6.05. The topological polar surface area (TPSA) is 59.1 Å². The molecule has 3 heteroatoms. The molecule has 0 bridgehead atoms. The molecule has 0 spiro atoms. The van der Waals surface area contributed by atoms with Crippen molar-refractivity contribution in [2.45, 2.75) is 0 Å². The molecule has 3 N–H and O–H groups in total. The van der Waals surface area contributed by atoms with Crippen LogP contribution in [0.15, 0.2) is 73.3 Å². The van der Waals surface area contributed by atoms with Crippen molar-refractivity contribution in [2.24, 2.45) is 0 Å². The monoisotopic (exact) mass is 312 g/mol. The first-order valence-corrected chi connectivity index (χ1v) is 7.70. The van der Waals surface area contributed by atoms with Crippen LogP contribution in [0.4, 0.5) is 5.69 Å². The van der Waals surface area contributed by atoms with Crippen molar-refractivity contribution < 1.29 is 5.11 Å². The van der Waals surface area contributed by atoms with Gasteiger partial charge in [0.2, 0.25) is 0 Å². The molecule has 0 unspecified atom stereocenters. The van der Waals surface area contributed by atoms with Gasteiger partial charge in [0, 0.05) is 16.6 Å². The molecule has 1 heterocycles. The number of hydrogen-bond donors (Lipinski definition) is 2. The van der Waals surface area contributed by atoms with Crippen molar-refractivity contribution in [2.75, 3.05) is 5.73 Å². The number of nitrogens with zero attached hydrogens (tertiary/aromatic N) is 1. The van der Waals surface area contributed by atoms with Crippen molar-refractivity contribution in [1.82, 2.24) is 4.98 Å². The molecule has 0 aliphatic rings. The maximum absolute atomic E-state index is 9.69. The van der Waals surface area contributed by atoms with Gasteiger partial charge in [-0.25, -0.2) is 4.98 Å². The Kier molecular flexibility index (Phi) is 3.21. The molecule has 0 aliphatic heterocycles. The number of aliphatic hydroxyl groups excluding tert-OH is 1. The fraction of sp³-hybridized carbons (Fsp3) is 0.